The van der Waals surface area contributed by atoms with Crippen LogP contribution in [0.25, 0.3) is 32.3 Å². The Labute approximate surface area is 139 Å². The van der Waals surface area contributed by atoms with E-state index in [9.17, 15) is 9.59 Å². The molecule has 0 aliphatic rings. The standard InChI is InChI=1S/C21H16O3/c1-12(22)18(21(23)24-2)16-10-9-15-7-6-13-4-3-5-14-8-11-17(16)20(15)19(13)14/h3-11,18H,1-2H3. The third kappa shape index (κ3) is 1.98. The number of carbonyl (C=O) groups is 2. The van der Waals surface area contributed by atoms with Crippen molar-refractivity contribution in [1.29, 1.82) is 0 Å². The summed E-state index contributed by atoms with van der Waals surface area (Å²) in [6.07, 6.45) is 0. The molecule has 0 aromatic heterocycles. The Balaban J connectivity index is 2.14. The molecular weight excluding hydrogens is 300 g/mol. The molecule has 4 rings (SSSR count). The molecule has 1 unspecified atom stereocenters. The predicted molar refractivity (Wildman–Crippen MR) is 95.6 cm³/mol. The first-order valence-electron chi connectivity index (χ1n) is 7.86. The second kappa shape index (κ2) is 5.31. The normalized spacial score (nSPS) is 12.8. The van der Waals surface area contributed by atoms with Crippen molar-refractivity contribution in [2.24, 2.45) is 0 Å². The van der Waals surface area contributed by atoms with Gasteiger partial charge in [0.1, 0.15) is 11.7 Å². The molecule has 0 aliphatic carbocycles. The van der Waals surface area contributed by atoms with Crippen molar-refractivity contribution in [1.82, 2.24) is 0 Å². The lowest BCUT2D eigenvalue weighted by Gasteiger charge is -2.17. The number of hydrogen-bond donors (Lipinski definition) is 0. The highest BCUT2D eigenvalue weighted by atomic mass is 16.5. The van der Waals surface area contributed by atoms with Crippen LogP contribution in [0.2, 0.25) is 0 Å². The molecular formula is C21H16O3. The fraction of sp³-hybridized carbons (Fsp3) is 0.143. The number of hydrogen-bond acceptors (Lipinski definition) is 3. The quantitative estimate of drug-likeness (QED) is 0.319. The molecule has 24 heavy (non-hydrogen) atoms. The third-order valence-corrected chi connectivity index (χ3v) is 4.72. The topological polar surface area (TPSA) is 43.4 Å². The zero-order valence-corrected chi connectivity index (χ0v) is 13.5. The van der Waals surface area contributed by atoms with Crippen molar-refractivity contribution >= 4 is 44.1 Å². The van der Waals surface area contributed by atoms with Crippen LogP contribution in [0.3, 0.4) is 0 Å². The van der Waals surface area contributed by atoms with E-state index < -0.39 is 11.9 Å². The summed E-state index contributed by atoms with van der Waals surface area (Å²) in [5.74, 6) is -1.62. The number of benzene rings is 4. The van der Waals surface area contributed by atoms with E-state index >= 15 is 0 Å². The van der Waals surface area contributed by atoms with Crippen molar-refractivity contribution in [2.75, 3.05) is 7.11 Å². The summed E-state index contributed by atoms with van der Waals surface area (Å²) in [6, 6.07) is 18.3. The summed E-state index contributed by atoms with van der Waals surface area (Å²) in [5.41, 5.74) is 0.708. The van der Waals surface area contributed by atoms with Crippen molar-refractivity contribution in [3.63, 3.8) is 0 Å². The average molecular weight is 316 g/mol. The van der Waals surface area contributed by atoms with Crippen LogP contribution < -0.4 is 0 Å². The second-order valence-corrected chi connectivity index (χ2v) is 6.08. The third-order valence-electron chi connectivity index (χ3n) is 4.72. The average Bonchev–Trinajstić information content (AvgIpc) is 2.60. The Morgan fingerprint density at radius 2 is 1.42 bits per heavy atom. The minimum atomic E-state index is -0.889. The Morgan fingerprint density at radius 3 is 2.04 bits per heavy atom. The fourth-order valence-corrected chi connectivity index (χ4v) is 3.64. The van der Waals surface area contributed by atoms with Gasteiger partial charge in [0.25, 0.3) is 0 Å². The molecule has 0 amide bonds. The first kappa shape index (κ1) is 14.6. The molecule has 0 fully saturated rings. The van der Waals surface area contributed by atoms with Crippen molar-refractivity contribution in [3.8, 4) is 0 Å². The SMILES string of the molecule is COC(=O)C(C(C)=O)c1ccc2ccc3cccc4ccc1c2c34. The van der Waals surface area contributed by atoms with E-state index in [1.165, 1.54) is 19.4 Å². The number of carbonyl (C=O) groups excluding carboxylic acids is 2. The fourth-order valence-electron chi connectivity index (χ4n) is 3.64. The van der Waals surface area contributed by atoms with Gasteiger partial charge in [-0.05, 0) is 44.8 Å². The zero-order valence-electron chi connectivity index (χ0n) is 13.5. The van der Waals surface area contributed by atoms with Crippen LogP contribution in [0.1, 0.15) is 18.4 Å². The number of ketones is 1. The van der Waals surface area contributed by atoms with Crippen molar-refractivity contribution in [2.45, 2.75) is 12.8 Å². The molecule has 3 heteroatoms. The van der Waals surface area contributed by atoms with Crippen LogP contribution in [0.15, 0.2) is 54.6 Å². The van der Waals surface area contributed by atoms with Gasteiger partial charge in [-0.15, -0.1) is 0 Å². The summed E-state index contributed by atoms with van der Waals surface area (Å²) in [7, 11) is 1.31. The Hall–Kier alpha value is -2.94. The summed E-state index contributed by atoms with van der Waals surface area (Å²) >= 11 is 0. The van der Waals surface area contributed by atoms with Gasteiger partial charge in [0, 0.05) is 0 Å². The molecule has 0 saturated carbocycles. The molecule has 0 aliphatic heterocycles. The van der Waals surface area contributed by atoms with Crippen LogP contribution in [0.5, 0.6) is 0 Å². The maximum Gasteiger partial charge on any atom is 0.320 e. The highest BCUT2D eigenvalue weighted by molar-refractivity contribution is 6.24. The summed E-state index contributed by atoms with van der Waals surface area (Å²) in [6.45, 7) is 1.43. The van der Waals surface area contributed by atoms with Gasteiger partial charge in [-0.25, -0.2) is 0 Å². The molecule has 118 valence electrons. The predicted octanol–water partition coefficient (Wildman–Crippen LogP) is 4.43. The van der Waals surface area contributed by atoms with Gasteiger partial charge < -0.3 is 4.74 Å². The van der Waals surface area contributed by atoms with Crippen LogP contribution in [-0.2, 0) is 14.3 Å². The maximum atomic E-state index is 12.2. The number of ether oxygens (including phenoxy) is 1. The molecule has 0 saturated heterocycles. The molecule has 3 nitrogen and oxygen atoms in total. The smallest absolute Gasteiger partial charge is 0.320 e. The first-order valence-corrected chi connectivity index (χ1v) is 7.86. The van der Waals surface area contributed by atoms with Gasteiger partial charge in [-0.3, -0.25) is 9.59 Å². The Kier molecular flexibility index (Phi) is 3.24. The van der Waals surface area contributed by atoms with E-state index in [1.54, 1.807) is 0 Å². The number of Topliss-reactive ketones (excluding diaryl/α,β-unsaturated/α-hetero) is 1. The molecule has 4 aromatic carbocycles. The first-order chi connectivity index (χ1) is 11.6. The summed E-state index contributed by atoms with van der Waals surface area (Å²) in [4.78, 5) is 24.3. The van der Waals surface area contributed by atoms with Gasteiger partial charge >= 0.3 is 5.97 Å². The van der Waals surface area contributed by atoms with E-state index in [0.717, 1.165) is 26.9 Å². The maximum absolute atomic E-state index is 12.2. The molecule has 0 N–H and O–H groups in total. The largest absolute Gasteiger partial charge is 0.468 e. The lowest BCUT2D eigenvalue weighted by molar-refractivity contribution is -0.145. The molecule has 0 bridgehead atoms. The lowest BCUT2D eigenvalue weighted by atomic mass is 9.86. The lowest BCUT2D eigenvalue weighted by Crippen LogP contribution is -2.21. The van der Waals surface area contributed by atoms with Gasteiger partial charge in [0.05, 0.1) is 7.11 Å². The van der Waals surface area contributed by atoms with Crippen LogP contribution in [0.4, 0.5) is 0 Å². The highest BCUT2D eigenvalue weighted by Crippen LogP contribution is 2.38. The Bertz CT molecular complexity index is 1080. The Morgan fingerprint density at radius 1 is 0.833 bits per heavy atom. The van der Waals surface area contributed by atoms with E-state index in [1.807, 2.05) is 30.3 Å². The van der Waals surface area contributed by atoms with Gasteiger partial charge in [0.2, 0.25) is 0 Å². The van der Waals surface area contributed by atoms with Gasteiger partial charge in [-0.1, -0.05) is 54.6 Å². The van der Waals surface area contributed by atoms with E-state index in [0.29, 0.717) is 5.56 Å². The van der Waals surface area contributed by atoms with E-state index in [2.05, 4.69) is 24.3 Å². The zero-order chi connectivity index (χ0) is 16.8. The summed E-state index contributed by atoms with van der Waals surface area (Å²) < 4.78 is 4.86. The van der Waals surface area contributed by atoms with Crippen molar-refractivity contribution in [3.05, 3.63) is 60.2 Å². The van der Waals surface area contributed by atoms with Crippen LogP contribution >= 0.6 is 0 Å². The minimum absolute atomic E-state index is 0.211. The van der Waals surface area contributed by atoms with Gasteiger partial charge in [-0.2, -0.15) is 0 Å². The van der Waals surface area contributed by atoms with Gasteiger partial charge in [0.15, 0.2) is 0 Å². The van der Waals surface area contributed by atoms with Crippen LogP contribution in [0, 0.1) is 0 Å². The molecule has 0 spiro atoms. The summed E-state index contributed by atoms with van der Waals surface area (Å²) in [5, 5.41) is 6.60. The second-order valence-electron chi connectivity index (χ2n) is 6.08. The van der Waals surface area contributed by atoms with E-state index in [4.69, 9.17) is 4.74 Å². The monoisotopic (exact) mass is 316 g/mol. The minimum Gasteiger partial charge on any atom is -0.468 e. The van der Waals surface area contributed by atoms with Crippen LogP contribution in [-0.4, -0.2) is 18.9 Å². The molecule has 0 radical (unpaired) electrons. The van der Waals surface area contributed by atoms with Crippen molar-refractivity contribution < 1.29 is 14.3 Å². The number of rotatable bonds is 3. The number of esters is 1. The molecule has 4 aromatic rings. The van der Waals surface area contributed by atoms with E-state index in [-0.39, 0.29) is 5.78 Å². The molecule has 1 atom stereocenters. The molecule has 0 heterocycles. The highest BCUT2D eigenvalue weighted by Gasteiger charge is 2.28. The number of methoxy groups -OCH3 is 1.